The van der Waals surface area contributed by atoms with E-state index in [-0.39, 0.29) is 17.9 Å². The summed E-state index contributed by atoms with van der Waals surface area (Å²) in [6.07, 6.45) is -8.54. The lowest BCUT2D eigenvalue weighted by molar-refractivity contribution is -0.142. The molecule has 0 saturated heterocycles. The molecule has 0 amide bonds. The highest BCUT2D eigenvalue weighted by Crippen LogP contribution is 2.30. The third-order valence-corrected chi connectivity index (χ3v) is 2.56. The van der Waals surface area contributed by atoms with Crippen LogP contribution < -0.4 is 5.73 Å². The molecule has 2 heterocycles. The van der Waals surface area contributed by atoms with Gasteiger partial charge in [0.2, 0.25) is 0 Å². The van der Waals surface area contributed by atoms with E-state index >= 15 is 0 Å². The number of nitrogens with zero attached hydrogens (tertiary/aromatic N) is 3. The summed E-state index contributed by atoms with van der Waals surface area (Å²) in [5, 5.41) is 3.19. The maximum atomic E-state index is 12.6. The summed E-state index contributed by atoms with van der Waals surface area (Å²) >= 11 is 0. The topological polar surface area (TPSA) is 56.7 Å². The zero-order valence-corrected chi connectivity index (χ0v) is 10.2. The molecule has 0 atom stereocenters. The number of pyridine rings is 1. The highest BCUT2D eigenvalue weighted by molar-refractivity contribution is 5.35. The zero-order valence-electron chi connectivity index (χ0n) is 10.2. The molecule has 0 aromatic carbocycles. The molecule has 10 heteroatoms. The third kappa shape index (κ3) is 3.15. The molecule has 2 aromatic heterocycles. The number of rotatable bonds is 2. The summed E-state index contributed by atoms with van der Waals surface area (Å²) in [4.78, 5) is 3.31. The maximum absolute atomic E-state index is 12.6. The molecular weight excluding hydrogens is 302 g/mol. The third-order valence-electron chi connectivity index (χ3n) is 2.56. The van der Waals surface area contributed by atoms with E-state index in [2.05, 4.69) is 10.1 Å². The Morgan fingerprint density at radius 2 is 1.57 bits per heavy atom. The largest absolute Gasteiger partial charge is 0.435 e. The summed E-state index contributed by atoms with van der Waals surface area (Å²) in [7, 11) is 0. The molecule has 0 unspecified atom stereocenters. The first-order chi connectivity index (χ1) is 9.63. The first-order valence-electron chi connectivity index (χ1n) is 5.53. The van der Waals surface area contributed by atoms with Gasteiger partial charge in [0.25, 0.3) is 0 Å². The van der Waals surface area contributed by atoms with Gasteiger partial charge in [-0.3, -0.25) is 0 Å². The van der Waals surface area contributed by atoms with Gasteiger partial charge in [-0.1, -0.05) is 6.07 Å². The van der Waals surface area contributed by atoms with Crippen LogP contribution >= 0.6 is 0 Å². The van der Waals surface area contributed by atoms with Gasteiger partial charge >= 0.3 is 12.4 Å². The lowest BCUT2D eigenvalue weighted by Crippen LogP contribution is -2.15. The Hall–Kier alpha value is -2.10. The Morgan fingerprint density at radius 1 is 0.952 bits per heavy atom. The van der Waals surface area contributed by atoms with Gasteiger partial charge < -0.3 is 5.73 Å². The molecule has 0 radical (unpaired) electrons. The van der Waals surface area contributed by atoms with E-state index in [1.165, 1.54) is 0 Å². The standard InChI is InChI=1S/C11H8F6N4/c12-10(13,14)7-2-1-6(5-18)9(19-7)21-4-3-8(20-21)11(15,16)17/h1-4H,5,18H2. The molecule has 2 aromatic rings. The Labute approximate surface area is 114 Å². The molecule has 0 bridgehead atoms. The normalized spacial score (nSPS) is 12.7. The fourth-order valence-corrected chi connectivity index (χ4v) is 1.59. The van der Waals surface area contributed by atoms with E-state index in [9.17, 15) is 26.3 Å². The fraction of sp³-hybridized carbons (Fsp3) is 0.273. The van der Waals surface area contributed by atoms with Crippen molar-refractivity contribution in [1.29, 1.82) is 0 Å². The number of aromatic nitrogens is 3. The van der Waals surface area contributed by atoms with Crippen molar-refractivity contribution in [3.63, 3.8) is 0 Å². The molecule has 0 aliphatic rings. The molecule has 4 nitrogen and oxygen atoms in total. The number of hydrogen-bond donors (Lipinski definition) is 1. The Bertz CT molecular complexity index is 643. The average molecular weight is 310 g/mol. The number of alkyl halides is 6. The van der Waals surface area contributed by atoms with E-state index < -0.39 is 23.7 Å². The van der Waals surface area contributed by atoms with Crippen molar-refractivity contribution >= 4 is 0 Å². The molecule has 21 heavy (non-hydrogen) atoms. The van der Waals surface area contributed by atoms with Crippen LogP contribution in [-0.4, -0.2) is 14.8 Å². The van der Waals surface area contributed by atoms with Crippen LogP contribution in [0.2, 0.25) is 0 Å². The molecule has 2 rings (SSSR count). The molecule has 0 spiro atoms. The smallest absolute Gasteiger partial charge is 0.326 e. The fourth-order valence-electron chi connectivity index (χ4n) is 1.59. The summed E-state index contributed by atoms with van der Waals surface area (Å²) in [5.41, 5.74) is 3.02. The van der Waals surface area contributed by atoms with Crippen molar-refractivity contribution in [2.24, 2.45) is 5.73 Å². The van der Waals surface area contributed by atoms with Crippen molar-refractivity contribution in [3.05, 3.63) is 41.3 Å². The quantitative estimate of drug-likeness (QED) is 0.868. The SMILES string of the molecule is NCc1ccc(C(F)(F)F)nc1-n1ccc(C(F)(F)F)n1. The number of nitrogens with two attached hydrogens (primary N) is 1. The minimum Gasteiger partial charge on any atom is -0.326 e. The average Bonchev–Trinajstić information content (AvgIpc) is 2.86. The Morgan fingerprint density at radius 3 is 2.05 bits per heavy atom. The first-order valence-corrected chi connectivity index (χ1v) is 5.53. The predicted molar refractivity (Wildman–Crippen MR) is 59.3 cm³/mol. The lowest BCUT2D eigenvalue weighted by atomic mass is 10.2. The second-order valence-electron chi connectivity index (χ2n) is 4.02. The summed E-state index contributed by atoms with van der Waals surface area (Å²) in [6, 6.07) is 2.40. The monoisotopic (exact) mass is 310 g/mol. The Kier molecular flexibility index (Phi) is 3.66. The van der Waals surface area contributed by atoms with Crippen LogP contribution in [0.15, 0.2) is 24.4 Å². The van der Waals surface area contributed by atoms with Crippen LogP contribution in [-0.2, 0) is 18.9 Å². The van der Waals surface area contributed by atoms with Crippen LogP contribution in [0.1, 0.15) is 17.0 Å². The highest BCUT2D eigenvalue weighted by Gasteiger charge is 2.35. The maximum Gasteiger partial charge on any atom is 0.435 e. The van der Waals surface area contributed by atoms with E-state index in [1.54, 1.807) is 0 Å². The van der Waals surface area contributed by atoms with Crippen molar-refractivity contribution in [2.75, 3.05) is 0 Å². The summed E-state index contributed by atoms with van der Waals surface area (Å²) < 4.78 is 75.9. The van der Waals surface area contributed by atoms with Crippen LogP contribution in [0.4, 0.5) is 26.3 Å². The van der Waals surface area contributed by atoms with Gasteiger partial charge in [0.15, 0.2) is 11.5 Å². The van der Waals surface area contributed by atoms with Crippen LogP contribution in [0.3, 0.4) is 0 Å². The molecule has 0 aliphatic carbocycles. The minimum atomic E-state index is -4.72. The minimum absolute atomic E-state index is 0.139. The zero-order chi connectivity index (χ0) is 15.8. The summed E-state index contributed by atoms with van der Waals surface area (Å²) in [5.74, 6) is -0.386. The van der Waals surface area contributed by atoms with Crippen molar-refractivity contribution < 1.29 is 26.3 Å². The van der Waals surface area contributed by atoms with Crippen molar-refractivity contribution in [2.45, 2.75) is 18.9 Å². The van der Waals surface area contributed by atoms with Crippen LogP contribution in [0, 0.1) is 0 Å². The van der Waals surface area contributed by atoms with Gasteiger partial charge in [-0.2, -0.15) is 31.4 Å². The molecular formula is C11H8F6N4. The van der Waals surface area contributed by atoms with Crippen molar-refractivity contribution in [3.8, 4) is 5.82 Å². The van der Waals surface area contributed by atoms with E-state index in [1.807, 2.05) is 0 Å². The molecule has 0 fully saturated rings. The second-order valence-corrected chi connectivity index (χ2v) is 4.02. The summed E-state index contributed by atoms with van der Waals surface area (Å²) in [6.45, 7) is -0.193. The highest BCUT2D eigenvalue weighted by atomic mass is 19.4. The van der Waals surface area contributed by atoms with Crippen molar-refractivity contribution in [1.82, 2.24) is 14.8 Å². The van der Waals surface area contributed by atoms with Gasteiger partial charge in [0, 0.05) is 18.3 Å². The number of halogens is 6. The van der Waals surface area contributed by atoms with Gasteiger partial charge in [-0.25, -0.2) is 9.67 Å². The second kappa shape index (κ2) is 5.02. The molecule has 114 valence electrons. The lowest BCUT2D eigenvalue weighted by Gasteiger charge is -2.11. The molecule has 0 saturated carbocycles. The first kappa shape index (κ1) is 15.3. The number of hydrogen-bond acceptors (Lipinski definition) is 3. The van der Waals surface area contributed by atoms with Crippen LogP contribution in [0.5, 0.6) is 0 Å². The Balaban J connectivity index is 2.54. The predicted octanol–water partition coefficient (Wildman–Crippen LogP) is 2.76. The van der Waals surface area contributed by atoms with E-state index in [0.717, 1.165) is 12.3 Å². The van der Waals surface area contributed by atoms with Gasteiger partial charge in [0.05, 0.1) is 0 Å². The van der Waals surface area contributed by atoms with E-state index in [4.69, 9.17) is 5.73 Å². The molecule has 0 aliphatic heterocycles. The van der Waals surface area contributed by atoms with Gasteiger partial charge in [-0.15, -0.1) is 0 Å². The molecule has 2 N–H and O–H groups in total. The van der Waals surface area contributed by atoms with Crippen LogP contribution in [0.25, 0.3) is 5.82 Å². The van der Waals surface area contributed by atoms with E-state index in [0.29, 0.717) is 16.8 Å². The van der Waals surface area contributed by atoms with Gasteiger partial charge in [0.1, 0.15) is 5.69 Å². The van der Waals surface area contributed by atoms with Gasteiger partial charge in [-0.05, 0) is 12.1 Å².